The number of amides is 2. The number of cyclic esters (lactones) is 3. The van der Waals surface area contributed by atoms with Crippen molar-refractivity contribution in [3.8, 4) is 5.75 Å². The topological polar surface area (TPSA) is 433 Å². The highest BCUT2D eigenvalue weighted by molar-refractivity contribution is 5.73. The lowest BCUT2D eigenvalue weighted by atomic mass is 9.52. The number of allylic oxidation sites excluding steroid dienone is 3. The van der Waals surface area contributed by atoms with Crippen molar-refractivity contribution < 1.29 is 112 Å². The summed E-state index contributed by atoms with van der Waals surface area (Å²) in [6, 6.07) is 5.40. The molecule has 3 heterocycles. The van der Waals surface area contributed by atoms with Crippen LogP contribution < -0.4 is 21.1 Å². The van der Waals surface area contributed by atoms with Crippen LogP contribution in [0.2, 0.25) is 0 Å². The molecule has 0 radical (unpaired) electrons. The molecule has 125 heavy (non-hydrogen) atoms. The maximum absolute atomic E-state index is 12.3. The molecule has 708 valence electrons. The molecule has 10 N–H and O–H groups in total. The molecule has 0 aromatic heterocycles. The van der Waals surface area contributed by atoms with Gasteiger partial charge in [0.15, 0.2) is 0 Å². The van der Waals surface area contributed by atoms with Crippen LogP contribution in [0.15, 0.2) is 59.8 Å². The average molecular weight is 1760 g/mol. The van der Waals surface area contributed by atoms with Gasteiger partial charge in [0, 0.05) is 63.7 Å². The SMILES string of the molecule is C.CC1=COC(=O)CC1.CC1=COC(=O)CC1.CC1=COC(=O)CC1.CC[C@@H]1C[C@@H](OC(=O)NCCCC(=O)O)CC[C@]1(C)[C@H]1CC[C@]2(C)CCC[C@]2(O)C1.CC[C@@H]1C[C@@H](OC(=O)NCCCC(=O)O)CC[C@]1(C)[C@H]1CC[C@]2(C)CCC[C@]2(O)C1.CC[C@@H]1C[C@@H](OC(=O)Oc2ccc([N+](=O)[O-])cc2)CC[C@]1(C)[C@H]1CC[C@]2(C)CCC[C@]2(O)C1.NCCCC(=O)O. The lowest BCUT2D eigenvalue weighted by molar-refractivity contribution is -0.384. The van der Waals surface area contributed by atoms with E-state index in [-0.39, 0.29) is 107 Å². The van der Waals surface area contributed by atoms with Crippen LogP contribution in [0, 0.1) is 78.1 Å². The number of aliphatic carboxylic acids is 3. The van der Waals surface area contributed by atoms with Crippen molar-refractivity contribution in [3.05, 3.63) is 69.9 Å². The molecule has 1 aromatic rings. The van der Waals surface area contributed by atoms with E-state index in [4.69, 9.17) is 40.0 Å². The summed E-state index contributed by atoms with van der Waals surface area (Å²) in [5.41, 5.74) is 7.64. The number of carboxylic acids is 3. The first-order valence-electron chi connectivity index (χ1n) is 46.6. The normalized spacial score (nSPS) is 34.1. The van der Waals surface area contributed by atoms with E-state index in [2.05, 4.69) is 87.2 Å². The molecule has 28 heteroatoms. The second-order valence-corrected chi connectivity index (χ2v) is 39.7. The molecule has 0 spiro atoms. The molecule has 9 aliphatic carbocycles. The Hall–Kier alpha value is -7.69. The molecule has 1 aromatic carbocycles. The van der Waals surface area contributed by atoms with Gasteiger partial charge in [-0.2, -0.15) is 0 Å². The molecule has 0 saturated heterocycles. The van der Waals surface area contributed by atoms with E-state index in [1.165, 1.54) is 62.3 Å². The van der Waals surface area contributed by atoms with Crippen LogP contribution in [0.3, 0.4) is 0 Å². The summed E-state index contributed by atoms with van der Waals surface area (Å²) in [5, 5.41) is 75.8. The lowest BCUT2D eigenvalue weighted by Gasteiger charge is -2.55. The Morgan fingerprint density at radius 2 is 0.776 bits per heavy atom. The van der Waals surface area contributed by atoms with Gasteiger partial charge in [-0.15, -0.1) is 0 Å². The number of alkyl carbamates (subject to hydrolysis) is 2. The van der Waals surface area contributed by atoms with Gasteiger partial charge in [0.05, 0.1) is 40.5 Å². The highest BCUT2D eigenvalue weighted by Crippen LogP contribution is 2.66. The van der Waals surface area contributed by atoms with Gasteiger partial charge in [-0.3, -0.25) is 38.9 Å². The first kappa shape index (κ1) is 106. The molecule has 0 unspecified atom stereocenters. The summed E-state index contributed by atoms with van der Waals surface area (Å²) < 4.78 is 36.0. The van der Waals surface area contributed by atoms with Crippen molar-refractivity contribution in [3.63, 3.8) is 0 Å². The number of esters is 3. The van der Waals surface area contributed by atoms with Gasteiger partial charge in [-0.1, -0.05) is 89.0 Å². The van der Waals surface area contributed by atoms with Crippen molar-refractivity contribution in [1.82, 2.24) is 10.6 Å². The number of nitro groups is 1. The molecule has 9 saturated carbocycles. The van der Waals surface area contributed by atoms with Gasteiger partial charge in [0.2, 0.25) is 0 Å². The standard InChI is InChI=1S/C26H37NO6.2C24H41NO5.3C6H8O2.C4H9NO2.CH4/c1-4-18-16-22(33-23(28)32-21-8-6-20(7-9-21)27(30)31)11-15-25(18,3)19-10-14-24(2)12-5-13-26(24,29)17-19;2*1-4-17-15-19(30-21(28)25-14-5-7-20(26)27)9-13-23(17,3)18-8-12-22(2)10-6-11-24(22,29)16-18;3*1-5-2-3-6(7)8-4-5;5-3-1-2-4(6)7;/h6-9,18-19,22,29H,4-5,10-17H2,1-3H3;2*17-19,29H,4-16H2,1-3H3,(H,25,28)(H,26,27);3*4H,2-3H2,1H3;1-3,5H2,(H,6,7);1H4/t18-,19+,22+,24+,25+,26+;2*17-,18+,19+,22+,23+,24+;;;;;/m111...../s1. The predicted molar refractivity (Wildman–Crippen MR) is 474 cm³/mol. The zero-order valence-electron chi connectivity index (χ0n) is 76.6. The fourth-order valence-corrected chi connectivity index (χ4v) is 22.8. The fourth-order valence-electron chi connectivity index (χ4n) is 22.8. The summed E-state index contributed by atoms with van der Waals surface area (Å²) in [6.07, 6.45) is 39.0. The van der Waals surface area contributed by atoms with Crippen LogP contribution in [0.4, 0.5) is 20.1 Å². The van der Waals surface area contributed by atoms with Crippen LogP contribution in [0.5, 0.6) is 5.75 Å². The zero-order valence-corrected chi connectivity index (χ0v) is 76.6. The summed E-state index contributed by atoms with van der Waals surface area (Å²) >= 11 is 0. The van der Waals surface area contributed by atoms with Crippen molar-refractivity contribution in [2.24, 2.45) is 73.7 Å². The molecule has 13 rings (SSSR count). The maximum atomic E-state index is 12.3. The number of carbonyl (C=O) groups is 9. The number of ether oxygens (including phenoxy) is 7. The summed E-state index contributed by atoms with van der Waals surface area (Å²) in [7, 11) is 0. The number of aliphatic hydroxyl groups is 3. The summed E-state index contributed by atoms with van der Waals surface area (Å²) in [4.78, 5) is 109. The number of benzene rings is 1. The molecule has 28 nitrogen and oxygen atoms in total. The van der Waals surface area contributed by atoms with Crippen molar-refractivity contribution in [2.45, 2.75) is 395 Å². The van der Waals surface area contributed by atoms with Gasteiger partial charge < -0.3 is 80.2 Å². The second kappa shape index (κ2) is 48.1. The minimum Gasteiger partial charge on any atom is -0.481 e. The van der Waals surface area contributed by atoms with Crippen LogP contribution in [-0.4, -0.2) is 144 Å². The molecular formula is C97H156N4O24. The van der Waals surface area contributed by atoms with Gasteiger partial charge in [-0.05, 0) is 336 Å². The largest absolute Gasteiger partial charge is 0.514 e. The van der Waals surface area contributed by atoms with E-state index >= 15 is 0 Å². The van der Waals surface area contributed by atoms with Gasteiger partial charge in [0.25, 0.3) is 5.69 Å². The molecule has 18 atom stereocenters. The quantitative estimate of drug-likeness (QED) is 0.0130. The first-order chi connectivity index (χ1) is 58.4. The van der Waals surface area contributed by atoms with E-state index in [0.29, 0.717) is 93.7 Å². The summed E-state index contributed by atoms with van der Waals surface area (Å²) in [5.74, 6) is 0.343. The Balaban J connectivity index is 0.000000245. The smallest absolute Gasteiger partial charge is 0.481 e. The molecule has 9 fully saturated rings. The molecule has 12 aliphatic rings. The Kier molecular flexibility index (Phi) is 40.8. The Labute approximate surface area is 743 Å². The molecule has 0 bridgehead atoms. The number of carbonyl (C=O) groups excluding carboxylic acids is 6. The van der Waals surface area contributed by atoms with E-state index in [1.54, 1.807) is 0 Å². The van der Waals surface area contributed by atoms with Gasteiger partial charge in [-0.25, -0.2) is 14.4 Å². The van der Waals surface area contributed by atoms with E-state index in [9.17, 15) is 68.6 Å². The number of nitrogens with two attached hydrogens (primary N) is 1. The number of nitrogens with zero attached hydrogens (tertiary/aromatic N) is 1. The predicted octanol–water partition coefficient (Wildman–Crippen LogP) is 20.3. The number of hydrogen-bond acceptors (Lipinski definition) is 22. The monoisotopic (exact) mass is 1760 g/mol. The number of nitro benzene ring substituents is 1. The number of non-ortho nitro benzene ring substituents is 1. The Bertz CT molecular complexity index is 3640. The van der Waals surface area contributed by atoms with E-state index < -0.39 is 58.0 Å². The molecular weight excluding hydrogens is 1610 g/mol. The number of hydrogen-bond donors (Lipinski definition) is 9. The third-order valence-electron chi connectivity index (χ3n) is 31.6. The minimum absolute atomic E-state index is 0. The van der Waals surface area contributed by atoms with Crippen LogP contribution in [0.1, 0.15) is 360 Å². The lowest BCUT2D eigenvalue weighted by Crippen LogP contribution is -2.52. The number of nitrogens with one attached hydrogen (secondary N) is 2. The highest BCUT2D eigenvalue weighted by atomic mass is 16.7. The number of fused-ring (bicyclic) bond motifs is 3. The second-order valence-electron chi connectivity index (χ2n) is 39.7. The van der Waals surface area contributed by atoms with Crippen LogP contribution >= 0.6 is 0 Å². The van der Waals surface area contributed by atoms with Crippen molar-refractivity contribution >= 4 is 59.8 Å². The maximum Gasteiger partial charge on any atom is 0.514 e. The van der Waals surface area contributed by atoms with Crippen molar-refractivity contribution in [1.29, 1.82) is 0 Å². The van der Waals surface area contributed by atoms with Crippen molar-refractivity contribution in [2.75, 3.05) is 19.6 Å². The zero-order chi connectivity index (χ0) is 91.5. The molecule has 3 aliphatic heterocycles. The highest BCUT2D eigenvalue weighted by Gasteiger charge is 2.61. The third-order valence-corrected chi connectivity index (χ3v) is 31.6. The van der Waals surface area contributed by atoms with Gasteiger partial charge >= 0.3 is 54.2 Å². The van der Waals surface area contributed by atoms with Crippen LogP contribution in [0.25, 0.3) is 0 Å². The molecule has 2 amide bonds. The van der Waals surface area contributed by atoms with Gasteiger partial charge in [0.1, 0.15) is 24.1 Å². The van der Waals surface area contributed by atoms with E-state index in [0.717, 1.165) is 209 Å². The average Bonchev–Trinajstić information content (AvgIpc) is 1.66. The minimum atomic E-state index is -0.854. The Morgan fingerprint density at radius 1 is 0.464 bits per heavy atom. The number of carboxylic acid groups (broad SMARTS) is 3. The van der Waals surface area contributed by atoms with Crippen LogP contribution in [-0.2, 0) is 57.2 Å². The number of rotatable bonds is 22. The first-order valence-corrected chi connectivity index (χ1v) is 46.6. The fraction of sp³-hybridized carbons (Fsp3) is 0.784. The third kappa shape index (κ3) is 29.7. The summed E-state index contributed by atoms with van der Waals surface area (Å²) in [6.45, 7) is 27.7. The van der Waals surface area contributed by atoms with E-state index in [1.807, 2.05) is 20.8 Å². The Morgan fingerprint density at radius 3 is 1.04 bits per heavy atom.